The van der Waals surface area contributed by atoms with E-state index in [1.165, 1.54) is 87.6 Å². The Morgan fingerprint density at radius 3 is 2.46 bits per heavy atom. The van der Waals surface area contributed by atoms with Crippen LogP contribution in [-0.2, 0) is 18.3 Å². The third-order valence-corrected chi connectivity index (χ3v) is 15.6. The Balaban J connectivity index is 0.953. The molecule has 1 heterocycles. The molecule has 0 bridgehead atoms. The molecule has 0 aliphatic heterocycles. The number of hydrogen-bond donors (Lipinski definition) is 0. The van der Waals surface area contributed by atoms with Gasteiger partial charge in [0.15, 0.2) is 0 Å². The van der Waals surface area contributed by atoms with Crippen molar-refractivity contribution in [1.29, 1.82) is 0 Å². The SMILES string of the molecule is CC1(C)c2cc(N(C3=CC=C4C5=C(CCCC5)C(C)(C)[C@@H]4C3)C3C=CC(C4=Cc5c6c(n(C7=CCCC=C7)c5CC4)CCC=C6)=CC3)ccc2C2C=CC=CC21. The first-order chi connectivity index (χ1) is 27.3. The summed E-state index contributed by atoms with van der Waals surface area (Å²) in [6.07, 6.45) is 50.8. The number of anilines is 1. The van der Waals surface area contributed by atoms with E-state index >= 15 is 0 Å². The van der Waals surface area contributed by atoms with E-state index in [4.69, 9.17) is 0 Å². The minimum atomic E-state index is 0.0896. The quantitative estimate of drug-likeness (QED) is 0.297. The van der Waals surface area contributed by atoms with Gasteiger partial charge >= 0.3 is 0 Å². The first kappa shape index (κ1) is 34.7. The summed E-state index contributed by atoms with van der Waals surface area (Å²) in [5.74, 6) is 1.55. The van der Waals surface area contributed by atoms with Crippen LogP contribution in [0.1, 0.15) is 131 Å². The van der Waals surface area contributed by atoms with Crippen LogP contribution in [-0.4, -0.2) is 10.6 Å². The second kappa shape index (κ2) is 13.0. The van der Waals surface area contributed by atoms with Gasteiger partial charge in [-0.2, -0.15) is 0 Å². The maximum Gasteiger partial charge on any atom is 0.0557 e. The summed E-state index contributed by atoms with van der Waals surface area (Å²) >= 11 is 0. The predicted octanol–water partition coefficient (Wildman–Crippen LogP) is 13.6. The van der Waals surface area contributed by atoms with Gasteiger partial charge in [-0.25, -0.2) is 0 Å². The number of aromatic nitrogens is 1. The Morgan fingerprint density at radius 2 is 1.61 bits per heavy atom. The fourth-order valence-corrected chi connectivity index (χ4v) is 12.7. The highest BCUT2D eigenvalue weighted by atomic mass is 15.2. The summed E-state index contributed by atoms with van der Waals surface area (Å²) in [5, 5.41) is 0. The first-order valence-electron chi connectivity index (χ1n) is 22.1. The Labute approximate surface area is 335 Å². The highest BCUT2D eigenvalue weighted by Gasteiger charge is 2.48. The Morgan fingerprint density at radius 1 is 0.750 bits per heavy atom. The van der Waals surface area contributed by atoms with E-state index in [2.05, 4.69) is 147 Å². The molecule has 0 saturated heterocycles. The minimum absolute atomic E-state index is 0.0896. The van der Waals surface area contributed by atoms with Crippen LogP contribution >= 0.6 is 0 Å². The van der Waals surface area contributed by atoms with Gasteiger partial charge in [-0.3, -0.25) is 0 Å². The zero-order chi connectivity index (χ0) is 37.8. The van der Waals surface area contributed by atoms with Gasteiger partial charge in [0.25, 0.3) is 0 Å². The maximum absolute atomic E-state index is 2.76. The van der Waals surface area contributed by atoms with Crippen LogP contribution in [0.2, 0.25) is 0 Å². The summed E-state index contributed by atoms with van der Waals surface area (Å²) in [6.45, 7) is 10.1. The molecule has 9 aliphatic carbocycles. The van der Waals surface area contributed by atoms with Crippen LogP contribution in [0.15, 0.2) is 131 Å². The molecule has 56 heavy (non-hydrogen) atoms. The summed E-state index contributed by atoms with van der Waals surface area (Å²) in [7, 11) is 0. The molecule has 2 heteroatoms. The first-order valence-corrected chi connectivity index (χ1v) is 22.1. The van der Waals surface area contributed by atoms with E-state index in [1.54, 1.807) is 16.7 Å². The molecular weight excluding hydrogens is 677 g/mol. The van der Waals surface area contributed by atoms with Crippen LogP contribution in [0.5, 0.6) is 0 Å². The van der Waals surface area contributed by atoms with Crippen molar-refractivity contribution >= 4 is 23.5 Å². The minimum Gasteiger partial charge on any atom is -0.338 e. The molecule has 0 fully saturated rings. The molecule has 2 nitrogen and oxygen atoms in total. The largest absolute Gasteiger partial charge is 0.338 e. The highest BCUT2D eigenvalue weighted by molar-refractivity contribution is 5.79. The van der Waals surface area contributed by atoms with Crippen molar-refractivity contribution < 1.29 is 0 Å². The molecule has 0 spiro atoms. The van der Waals surface area contributed by atoms with Gasteiger partial charge < -0.3 is 9.47 Å². The zero-order valence-electron chi connectivity index (χ0n) is 34.1. The molecule has 284 valence electrons. The summed E-state index contributed by atoms with van der Waals surface area (Å²) in [5.41, 5.74) is 21.6. The van der Waals surface area contributed by atoms with Crippen LogP contribution < -0.4 is 4.90 Å². The second-order valence-corrected chi connectivity index (χ2v) is 19.2. The monoisotopic (exact) mass is 734 g/mol. The van der Waals surface area contributed by atoms with E-state index in [0.717, 1.165) is 51.4 Å². The maximum atomic E-state index is 2.76. The molecule has 0 saturated carbocycles. The lowest BCUT2D eigenvalue weighted by molar-refractivity contribution is 0.312. The third kappa shape index (κ3) is 5.19. The smallest absolute Gasteiger partial charge is 0.0557 e. The standard InChI is InChI=1S/C54H58N2/c1-53(2)47-19-11-8-16-41(47)43-29-27-39(33-49(43)53)55(40-28-30-44-42-17-9-12-20-48(42)54(3,4)50(44)34-40)38-25-22-35(23-26-38)36-24-31-52-46(32-36)45-18-10-13-21-51(45)56(52)37-14-6-5-7-15-37/h6,8,10-11,14-16,18-19,22-23,25,27-30,32-33,38,41,47,50H,5,7,9,12-13,17,20-21,24,26,31,34H2,1-4H3/t38?,41?,47?,50-/m1/s1. The topological polar surface area (TPSA) is 8.17 Å². The molecule has 0 radical (unpaired) electrons. The van der Waals surface area contributed by atoms with Crippen LogP contribution in [0.3, 0.4) is 0 Å². The lowest BCUT2D eigenvalue weighted by Gasteiger charge is -2.41. The fraction of sp³-hybridized carbons (Fsp3) is 0.407. The fourth-order valence-electron chi connectivity index (χ4n) is 12.7. The number of rotatable bonds is 5. The van der Waals surface area contributed by atoms with Crippen molar-refractivity contribution in [3.05, 3.63) is 164 Å². The normalized spacial score (nSPS) is 28.6. The van der Waals surface area contributed by atoms with Crippen molar-refractivity contribution in [2.75, 3.05) is 4.90 Å². The summed E-state index contributed by atoms with van der Waals surface area (Å²) in [4.78, 5) is 2.76. The van der Waals surface area contributed by atoms with Gasteiger partial charge in [0.05, 0.1) is 6.04 Å². The molecular formula is C54H58N2. The third-order valence-electron chi connectivity index (χ3n) is 15.6. The zero-order valence-corrected chi connectivity index (χ0v) is 34.1. The molecule has 0 amide bonds. The number of allylic oxidation sites excluding steroid dienone is 18. The van der Waals surface area contributed by atoms with Crippen molar-refractivity contribution in [2.24, 2.45) is 17.3 Å². The van der Waals surface area contributed by atoms with Crippen LogP contribution in [0.25, 0.3) is 17.8 Å². The molecule has 11 rings (SSSR count). The predicted molar refractivity (Wildman–Crippen MR) is 236 cm³/mol. The molecule has 2 aromatic rings. The molecule has 1 aromatic carbocycles. The van der Waals surface area contributed by atoms with E-state index in [-0.39, 0.29) is 16.9 Å². The molecule has 9 aliphatic rings. The molecule has 4 atom stereocenters. The number of benzene rings is 1. The molecule has 0 N–H and O–H groups in total. The van der Waals surface area contributed by atoms with Gasteiger partial charge in [0.2, 0.25) is 0 Å². The van der Waals surface area contributed by atoms with E-state index in [1.807, 2.05) is 0 Å². The van der Waals surface area contributed by atoms with Gasteiger partial charge in [0, 0.05) is 45.5 Å². The Hall–Kier alpha value is -4.56. The second-order valence-electron chi connectivity index (χ2n) is 19.2. The van der Waals surface area contributed by atoms with Crippen molar-refractivity contribution in [3.8, 4) is 0 Å². The summed E-state index contributed by atoms with van der Waals surface area (Å²) < 4.78 is 2.63. The van der Waals surface area contributed by atoms with E-state index in [9.17, 15) is 0 Å². The Kier molecular flexibility index (Phi) is 8.04. The lowest BCUT2D eigenvalue weighted by Crippen LogP contribution is -2.37. The van der Waals surface area contributed by atoms with Crippen LogP contribution in [0, 0.1) is 17.3 Å². The highest BCUT2D eigenvalue weighted by Crippen LogP contribution is 2.59. The van der Waals surface area contributed by atoms with Gasteiger partial charge in [-0.15, -0.1) is 0 Å². The van der Waals surface area contributed by atoms with Crippen molar-refractivity contribution in [2.45, 2.75) is 122 Å². The van der Waals surface area contributed by atoms with E-state index in [0.29, 0.717) is 17.8 Å². The number of hydrogen-bond acceptors (Lipinski definition) is 1. The molecule has 3 unspecified atom stereocenters. The molecule has 1 aromatic heterocycles. The van der Waals surface area contributed by atoms with Gasteiger partial charge in [0.1, 0.15) is 0 Å². The number of nitrogens with zero attached hydrogens (tertiary/aromatic N) is 2. The van der Waals surface area contributed by atoms with Crippen molar-refractivity contribution in [1.82, 2.24) is 4.57 Å². The van der Waals surface area contributed by atoms with Gasteiger partial charge in [-0.05, 0) is 163 Å². The average Bonchev–Trinajstić information content (AvgIpc) is 3.78. The average molecular weight is 735 g/mol. The van der Waals surface area contributed by atoms with Crippen molar-refractivity contribution in [3.63, 3.8) is 0 Å². The summed E-state index contributed by atoms with van der Waals surface area (Å²) in [6, 6.07) is 7.81. The lowest BCUT2D eigenvalue weighted by atomic mass is 9.71. The Bertz CT molecular complexity index is 2390. The van der Waals surface area contributed by atoms with Crippen LogP contribution in [0.4, 0.5) is 5.69 Å². The van der Waals surface area contributed by atoms with E-state index < -0.39 is 0 Å². The van der Waals surface area contributed by atoms with Gasteiger partial charge in [-0.1, -0.05) is 112 Å². The number of fused-ring (bicyclic) bond motifs is 8.